The van der Waals surface area contributed by atoms with Gasteiger partial charge in [-0.25, -0.2) is 8.78 Å². The number of piperazine rings is 1. The lowest BCUT2D eigenvalue weighted by Gasteiger charge is -2.44. The Morgan fingerprint density at radius 2 is 1.71 bits per heavy atom. The van der Waals surface area contributed by atoms with Gasteiger partial charge in [0.15, 0.2) is 0 Å². The van der Waals surface area contributed by atoms with E-state index in [4.69, 9.17) is 0 Å². The molecule has 1 N–H and O–H groups in total. The van der Waals surface area contributed by atoms with Gasteiger partial charge in [-0.15, -0.1) is 0 Å². The highest BCUT2D eigenvalue weighted by molar-refractivity contribution is 6.00. The summed E-state index contributed by atoms with van der Waals surface area (Å²) in [4.78, 5) is 45.9. The Balaban J connectivity index is 2.04. The fraction of sp³-hybridized carbons (Fsp3) is 0.483. The third-order valence-corrected chi connectivity index (χ3v) is 6.79. The lowest BCUT2D eigenvalue weighted by Crippen LogP contribution is -2.65. The minimum Gasteiger partial charge on any atom is -0.342 e. The van der Waals surface area contributed by atoms with Crippen LogP contribution in [0.15, 0.2) is 48.5 Å². The Bertz CT molecular complexity index is 1130. The molecule has 1 saturated heterocycles. The molecule has 3 amide bonds. The molecule has 0 saturated carbocycles. The second-order valence-corrected chi connectivity index (χ2v) is 10.6. The Morgan fingerprint density at radius 1 is 1.03 bits per heavy atom. The van der Waals surface area contributed by atoms with Crippen molar-refractivity contribution in [3.63, 3.8) is 0 Å². The molecule has 206 valence electrons. The van der Waals surface area contributed by atoms with Gasteiger partial charge in [-0.3, -0.25) is 14.4 Å². The van der Waals surface area contributed by atoms with Gasteiger partial charge in [0.1, 0.15) is 29.8 Å². The molecular weight excluding hydrogens is 490 g/mol. The lowest BCUT2D eigenvalue weighted by molar-refractivity contribution is -0.159. The lowest BCUT2D eigenvalue weighted by atomic mass is 9.91. The molecule has 9 heteroatoms. The molecule has 0 radical (unpaired) electrons. The van der Waals surface area contributed by atoms with Crippen molar-refractivity contribution in [1.82, 2.24) is 20.0 Å². The van der Waals surface area contributed by atoms with Crippen LogP contribution in [0.1, 0.15) is 43.9 Å². The zero-order valence-corrected chi connectivity index (χ0v) is 22.8. The fourth-order valence-corrected chi connectivity index (χ4v) is 4.71. The van der Waals surface area contributed by atoms with Crippen LogP contribution in [0.5, 0.6) is 0 Å². The predicted octanol–water partition coefficient (Wildman–Crippen LogP) is 3.40. The van der Waals surface area contributed by atoms with E-state index in [0.29, 0.717) is 32.0 Å². The zero-order valence-electron chi connectivity index (χ0n) is 22.8. The molecule has 2 aromatic carbocycles. The molecule has 0 bridgehead atoms. The van der Waals surface area contributed by atoms with Crippen LogP contribution in [-0.2, 0) is 20.8 Å². The third-order valence-electron chi connectivity index (χ3n) is 6.79. The van der Waals surface area contributed by atoms with E-state index in [9.17, 15) is 18.8 Å². The van der Waals surface area contributed by atoms with Gasteiger partial charge >= 0.3 is 0 Å². The van der Waals surface area contributed by atoms with Gasteiger partial charge in [-0.1, -0.05) is 50.2 Å². The van der Waals surface area contributed by atoms with Crippen LogP contribution >= 0.6 is 0 Å². The molecule has 7 nitrogen and oxygen atoms in total. The monoisotopic (exact) mass is 528 g/mol. The first-order valence-corrected chi connectivity index (χ1v) is 13.0. The number of amides is 3. The second kappa shape index (κ2) is 13.0. The van der Waals surface area contributed by atoms with Crippen molar-refractivity contribution in [3.8, 4) is 0 Å². The Morgan fingerprint density at radius 3 is 2.32 bits per heavy atom. The predicted molar refractivity (Wildman–Crippen MR) is 142 cm³/mol. The SMILES string of the molecule is CC(C)C[C@@H]1C(=O)NC(CCc2ccccc2)C(=O)N1C(C(=O)N(C)CCN(C)C)c1ccc(F)cc1F. The molecule has 1 fully saturated rings. The molecule has 0 aromatic heterocycles. The minimum atomic E-state index is -1.41. The second-order valence-electron chi connectivity index (χ2n) is 10.6. The largest absolute Gasteiger partial charge is 0.342 e. The fourth-order valence-electron chi connectivity index (χ4n) is 4.71. The highest BCUT2D eigenvalue weighted by atomic mass is 19.1. The maximum atomic E-state index is 15.2. The smallest absolute Gasteiger partial charge is 0.249 e. The number of nitrogens with one attached hydrogen (secondary N) is 1. The van der Waals surface area contributed by atoms with Gasteiger partial charge < -0.3 is 20.0 Å². The summed E-state index contributed by atoms with van der Waals surface area (Å²) in [7, 11) is 5.31. The molecule has 1 aliphatic rings. The minimum absolute atomic E-state index is 0.0159. The summed E-state index contributed by atoms with van der Waals surface area (Å²) in [6, 6.07) is 9.27. The van der Waals surface area contributed by atoms with E-state index >= 15 is 4.39 Å². The number of benzene rings is 2. The van der Waals surface area contributed by atoms with Crippen LogP contribution in [-0.4, -0.2) is 78.7 Å². The quantitative estimate of drug-likeness (QED) is 0.485. The van der Waals surface area contributed by atoms with Crippen LogP contribution in [0.4, 0.5) is 8.78 Å². The Labute approximate surface area is 223 Å². The van der Waals surface area contributed by atoms with Gasteiger partial charge in [-0.05, 0) is 50.9 Å². The third kappa shape index (κ3) is 7.16. The van der Waals surface area contributed by atoms with Gasteiger partial charge in [0, 0.05) is 31.8 Å². The number of nitrogens with zero attached hydrogens (tertiary/aromatic N) is 3. The van der Waals surface area contributed by atoms with Crippen LogP contribution in [0.25, 0.3) is 0 Å². The summed E-state index contributed by atoms with van der Waals surface area (Å²) in [6.45, 7) is 4.70. The first-order valence-electron chi connectivity index (χ1n) is 13.0. The summed E-state index contributed by atoms with van der Waals surface area (Å²) in [5.41, 5.74) is 0.873. The number of halogens is 2. The first-order chi connectivity index (χ1) is 18.0. The molecule has 0 spiro atoms. The molecule has 3 rings (SSSR count). The number of aryl methyl sites for hydroxylation is 1. The summed E-state index contributed by atoms with van der Waals surface area (Å²) >= 11 is 0. The molecule has 2 aromatic rings. The van der Waals surface area contributed by atoms with E-state index in [1.807, 2.05) is 63.2 Å². The summed E-state index contributed by atoms with van der Waals surface area (Å²) in [5.74, 6) is -3.08. The number of likely N-dealkylation sites (N-methyl/N-ethyl adjacent to an activating group) is 2. The average molecular weight is 529 g/mol. The highest BCUT2D eigenvalue weighted by Gasteiger charge is 2.47. The number of hydrogen-bond donors (Lipinski definition) is 1. The maximum absolute atomic E-state index is 15.2. The summed E-state index contributed by atoms with van der Waals surface area (Å²) < 4.78 is 29.1. The molecule has 1 aliphatic heterocycles. The van der Waals surface area contributed by atoms with E-state index in [1.54, 1.807) is 7.05 Å². The van der Waals surface area contributed by atoms with Crippen molar-refractivity contribution in [2.24, 2.45) is 5.92 Å². The molecule has 38 heavy (non-hydrogen) atoms. The van der Waals surface area contributed by atoms with E-state index in [0.717, 1.165) is 11.6 Å². The van der Waals surface area contributed by atoms with Gasteiger partial charge in [0.2, 0.25) is 17.7 Å². The number of carbonyl (C=O) groups excluding carboxylic acids is 3. The van der Waals surface area contributed by atoms with Gasteiger partial charge in [0.25, 0.3) is 0 Å². The Kier molecular flexibility index (Phi) is 9.96. The van der Waals surface area contributed by atoms with Crippen molar-refractivity contribution in [2.75, 3.05) is 34.2 Å². The molecule has 0 aliphatic carbocycles. The maximum Gasteiger partial charge on any atom is 0.249 e. The normalized spacial score (nSPS) is 18.6. The first kappa shape index (κ1) is 29.2. The summed E-state index contributed by atoms with van der Waals surface area (Å²) in [6.07, 6.45) is 1.15. The number of hydrogen-bond acceptors (Lipinski definition) is 4. The van der Waals surface area contributed by atoms with Gasteiger partial charge in [0.05, 0.1) is 0 Å². The van der Waals surface area contributed by atoms with Crippen LogP contribution in [0, 0.1) is 17.6 Å². The number of rotatable bonds is 11. The van der Waals surface area contributed by atoms with Crippen molar-refractivity contribution in [2.45, 2.75) is 51.2 Å². The van der Waals surface area contributed by atoms with E-state index in [2.05, 4.69) is 5.32 Å². The van der Waals surface area contributed by atoms with Crippen LogP contribution < -0.4 is 5.32 Å². The Hall–Kier alpha value is -3.33. The van der Waals surface area contributed by atoms with Crippen molar-refractivity contribution in [3.05, 3.63) is 71.3 Å². The average Bonchev–Trinajstić information content (AvgIpc) is 2.86. The van der Waals surface area contributed by atoms with E-state index < -0.39 is 41.6 Å². The molecule has 2 unspecified atom stereocenters. The van der Waals surface area contributed by atoms with Crippen LogP contribution in [0.3, 0.4) is 0 Å². The van der Waals surface area contributed by atoms with Crippen LogP contribution in [0.2, 0.25) is 0 Å². The molecule has 3 atom stereocenters. The van der Waals surface area contributed by atoms with E-state index in [1.165, 1.54) is 15.9 Å². The zero-order chi connectivity index (χ0) is 28.0. The molecule has 1 heterocycles. The number of carbonyl (C=O) groups is 3. The highest BCUT2D eigenvalue weighted by Crippen LogP contribution is 2.33. The standard InChI is InChI=1S/C29H38F2N4O3/c1-19(2)17-25-27(36)32-24(14-11-20-9-7-6-8-10-20)28(37)35(25)26(22-13-12-21(30)18-23(22)31)29(38)34(5)16-15-33(3)4/h6-10,12-13,18-19,24-26H,11,14-17H2,1-5H3,(H,32,36)/t24?,25-,26?/m1/s1. The molecular formula is C29H38F2N4O3. The summed E-state index contributed by atoms with van der Waals surface area (Å²) in [5, 5.41) is 2.84. The van der Waals surface area contributed by atoms with Gasteiger partial charge in [-0.2, -0.15) is 0 Å². The van der Waals surface area contributed by atoms with Crippen molar-refractivity contribution >= 4 is 17.7 Å². The van der Waals surface area contributed by atoms with Crippen molar-refractivity contribution < 1.29 is 23.2 Å². The van der Waals surface area contributed by atoms with Crippen molar-refractivity contribution in [1.29, 1.82) is 0 Å². The van der Waals surface area contributed by atoms with E-state index in [-0.39, 0.29) is 23.8 Å². The topological polar surface area (TPSA) is 73.0 Å².